The monoisotopic (exact) mass is 279 g/mol. The van der Waals surface area contributed by atoms with Crippen LogP contribution in [0.5, 0.6) is 5.75 Å². The molecule has 0 saturated carbocycles. The molecule has 2 aromatic rings. The molecule has 2 aromatic carbocycles. The van der Waals surface area contributed by atoms with Gasteiger partial charge in [0.15, 0.2) is 0 Å². The molecule has 19 heavy (non-hydrogen) atoms. The molecular weight excluding hydrogens is 265 g/mol. The molecule has 4 heteroatoms. The first kappa shape index (κ1) is 13.8. The molecule has 0 aromatic heterocycles. The van der Waals surface area contributed by atoms with E-state index in [1.54, 1.807) is 25.2 Å². The van der Waals surface area contributed by atoms with Crippen molar-refractivity contribution in [3.63, 3.8) is 0 Å². The Kier molecular flexibility index (Phi) is 4.40. The predicted octanol–water partition coefficient (Wildman–Crippen LogP) is 3.80. The Labute approximate surface area is 117 Å². The van der Waals surface area contributed by atoms with Gasteiger partial charge in [0.2, 0.25) is 0 Å². The molecule has 2 rings (SSSR count). The molecule has 1 unspecified atom stereocenters. The maximum Gasteiger partial charge on any atom is 0.132 e. The fourth-order valence-corrected chi connectivity index (χ4v) is 2.30. The normalized spacial score (nSPS) is 12.2. The summed E-state index contributed by atoms with van der Waals surface area (Å²) in [6.45, 7) is 0. The van der Waals surface area contributed by atoms with Crippen molar-refractivity contribution in [1.29, 1.82) is 0 Å². The number of ether oxygens (including phenoxy) is 1. The van der Waals surface area contributed by atoms with Crippen molar-refractivity contribution in [1.82, 2.24) is 5.32 Å². The summed E-state index contributed by atoms with van der Waals surface area (Å²) in [4.78, 5) is 0. The molecule has 1 N–H and O–H groups in total. The number of nitrogens with one attached hydrogen (secondary N) is 1. The molecule has 0 radical (unpaired) electrons. The molecular formula is C15H15ClFNO. The van der Waals surface area contributed by atoms with Crippen molar-refractivity contribution < 1.29 is 9.13 Å². The Bertz CT molecular complexity index is 574. The topological polar surface area (TPSA) is 21.3 Å². The van der Waals surface area contributed by atoms with Crippen molar-refractivity contribution in [2.75, 3.05) is 14.2 Å². The molecule has 0 fully saturated rings. The Balaban J connectivity index is 2.46. The Hall–Kier alpha value is -1.58. The zero-order chi connectivity index (χ0) is 13.8. The number of halogens is 2. The second-order valence-electron chi connectivity index (χ2n) is 4.13. The third-order valence-corrected chi connectivity index (χ3v) is 3.37. The number of benzene rings is 2. The van der Waals surface area contributed by atoms with Gasteiger partial charge in [-0.3, -0.25) is 0 Å². The van der Waals surface area contributed by atoms with Crippen LogP contribution in [-0.2, 0) is 0 Å². The van der Waals surface area contributed by atoms with E-state index in [9.17, 15) is 4.39 Å². The van der Waals surface area contributed by atoms with Crippen LogP contribution < -0.4 is 10.1 Å². The van der Waals surface area contributed by atoms with Crippen molar-refractivity contribution in [3.05, 3.63) is 64.4 Å². The Morgan fingerprint density at radius 2 is 1.89 bits per heavy atom. The average molecular weight is 280 g/mol. The van der Waals surface area contributed by atoms with Gasteiger partial charge >= 0.3 is 0 Å². The van der Waals surface area contributed by atoms with Gasteiger partial charge in [-0.2, -0.15) is 0 Å². The van der Waals surface area contributed by atoms with E-state index >= 15 is 0 Å². The van der Waals surface area contributed by atoms with Gasteiger partial charge in [0, 0.05) is 16.7 Å². The largest absolute Gasteiger partial charge is 0.497 e. The number of methoxy groups -OCH3 is 1. The minimum atomic E-state index is -0.321. The first-order chi connectivity index (χ1) is 9.17. The van der Waals surface area contributed by atoms with Crippen LogP contribution in [-0.4, -0.2) is 14.2 Å². The molecule has 0 heterocycles. The van der Waals surface area contributed by atoms with Crippen molar-refractivity contribution in [3.8, 4) is 5.75 Å². The Morgan fingerprint density at radius 1 is 1.16 bits per heavy atom. The van der Waals surface area contributed by atoms with Crippen LogP contribution in [0.3, 0.4) is 0 Å². The lowest BCUT2D eigenvalue weighted by Crippen LogP contribution is -2.19. The summed E-state index contributed by atoms with van der Waals surface area (Å²) in [6.07, 6.45) is 0. The predicted molar refractivity (Wildman–Crippen MR) is 75.3 cm³/mol. The van der Waals surface area contributed by atoms with Crippen LogP contribution in [0.1, 0.15) is 17.2 Å². The van der Waals surface area contributed by atoms with E-state index in [1.165, 1.54) is 13.2 Å². The highest BCUT2D eigenvalue weighted by Gasteiger charge is 2.18. The minimum absolute atomic E-state index is 0.292. The van der Waals surface area contributed by atoms with E-state index < -0.39 is 0 Å². The quantitative estimate of drug-likeness (QED) is 0.919. The van der Waals surface area contributed by atoms with Crippen LogP contribution in [0.15, 0.2) is 42.5 Å². The molecule has 0 bridgehead atoms. The van der Waals surface area contributed by atoms with Crippen molar-refractivity contribution in [2.24, 2.45) is 0 Å². The number of hydrogen-bond acceptors (Lipinski definition) is 2. The molecule has 0 aliphatic carbocycles. The highest BCUT2D eigenvalue weighted by atomic mass is 35.5. The lowest BCUT2D eigenvalue weighted by atomic mass is 9.98. The lowest BCUT2D eigenvalue weighted by Gasteiger charge is -2.19. The van der Waals surface area contributed by atoms with Gasteiger partial charge in [0.25, 0.3) is 0 Å². The zero-order valence-corrected chi connectivity index (χ0v) is 11.5. The maximum absolute atomic E-state index is 14.1. The maximum atomic E-state index is 14.1. The van der Waals surface area contributed by atoms with Gasteiger partial charge in [0.05, 0.1) is 13.2 Å². The smallest absolute Gasteiger partial charge is 0.132 e. The zero-order valence-electron chi connectivity index (χ0n) is 10.8. The summed E-state index contributed by atoms with van der Waals surface area (Å²) >= 11 is 6.17. The molecule has 2 nitrogen and oxygen atoms in total. The highest BCUT2D eigenvalue weighted by Crippen LogP contribution is 2.30. The summed E-state index contributed by atoms with van der Waals surface area (Å²) in [6, 6.07) is 11.9. The molecule has 0 aliphatic rings. The van der Waals surface area contributed by atoms with Crippen LogP contribution in [0.25, 0.3) is 0 Å². The van der Waals surface area contributed by atoms with Crippen LogP contribution >= 0.6 is 11.6 Å². The fourth-order valence-electron chi connectivity index (χ4n) is 2.06. The molecule has 0 saturated heterocycles. The van der Waals surface area contributed by atoms with Crippen LogP contribution in [0, 0.1) is 5.82 Å². The van der Waals surface area contributed by atoms with E-state index in [4.69, 9.17) is 16.3 Å². The van der Waals surface area contributed by atoms with Gasteiger partial charge < -0.3 is 10.1 Å². The SMILES string of the molecule is CNC(c1ccc(OC)cc1F)c1ccccc1Cl. The van der Waals surface area contributed by atoms with E-state index in [1.807, 2.05) is 18.2 Å². The van der Waals surface area contributed by atoms with Gasteiger partial charge in [0.1, 0.15) is 11.6 Å². The minimum Gasteiger partial charge on any atom is -0.497 e. The summed E-state index contributed by atoms with van der Waals surface area (Å²) in [5, 5.41) is 3.70. The third-order valence-electron chi connectivity index (χ3n) is 3.02. The van der Waals surface area contributed by atoms with Crippen LogP contribution in [0.2, 0.25) is 5.02 Å². The van der Waals surface area contributed by atoms with E-state index in [0.717, 1.165) is 5.56 Å². The summed E-state index contributed by atoms with van der Waals surface area (Å²) in [5.41, 5.74) is 1.38. The first-order valence-corrected chi connectivity index (χ1v) is 6.30. The van der Waals surface area contributed by atoms with Gasteiger partial charge in [-0.25, -0.2) is 4.39 Å². The standard InChI is InChI=1S/C15H15ClFNO/c1-18-15(11-5-3-4-6-13(11)16)12-8-7-10(19-2)9-14(12)17/h3-9,15,18H,1-2H3. The molecule has 100 valence electrons. The summed E-state index contributed by atoms with van der Waals surface area (Å²) in [7, 11) is 3.29. The molecule has 0 spiro atoms. The lowest BCUT2D eigenvalue weighted by molar-refractivity contribution is 0.410. The van der Waals surface area contributed by atoms with Gasteiger partial charge in [-0.1, -0.05) is 35.9 Å². The highest BCUT2D eigenvalue weighted by molar-refractivity contribution is 6.31. The van der Waals surface area contributed by atoms with Crippen molar-refractivity contribution in [2.45, 2.75) is 6.04 Å². The number of rotatable bonds is 4. The summed E-state index contributed by atoms with van der Waals surface area (Å²) in [5.74, 6) is 0.175. The third kappa shape index (κ3) is 2.88. The first-order valence-electron chi connectivity index (χ1n) is 5.92. The fraction of sp³-hybridized carbons (Fsp3) is 0.200. The van der Waals surface area contributed by atoms with E-state index in [0.29, 0.717) is 16.3 Å². The summed E-state index contributed by atoms with van der Waals surface area (Å²) < 4.78 is 19.1. The molecule has 0 aliphatic heterocycles. The van der Waals surface area contributed by atoms with Crippen LogP contribution in [0.4, 0.5) is 4.39 Å². The second-order valence-corrected chi connectivity index (χ2v) is 4.54. The van der Waals surface area contributed by atoms with Crippen molar-refractivity contribution >= 4 is 11.6 Å². The average Bonchev–Trinajstić information content (AvgIpc) is 2.43. The second kappa shape index (κ2) is 6.04. The molecule has 0 amide bonds. The van der Waals surface area contributed by atoms with E-state index in [-0.39, 0.29) is 11.9 Å². The number of hydrogen-bond donors (Lipinski definition) is 1. The van der Waals surface area contributed by atoms with Gasteiger partial charge in [-0.15, -0.1) is 0 Å². The Morgan fingerprint density at radius 3 is 2.47 bits per heavy atom. The molecule has 1 atom stereocenters. The van der Waals surface area contributed by atoms with E-state index in [2.05, 4.69) is 5.32 Å². The van der Waals surface area contributed by atoms with Gasteiger partial charge in [-0.05, 0) is 24.7 Å².